The average Bonchev–Trinajstić information content (AvgIpc) is 2.19. The third-order valence-corrected chi connectivity index (χ3v) is 2.15. The molecule has 0 bridgehead atoms. The lowest BCUT2D eigenvalue weighted by Crippen LogP contribution is -2.35. The van der Waals surface area contributed by atoms with Crippen LogP contribution in [0.2, 0.25) is 0 Å². The van der Waals surface area contributed by atoms with Gasteiger partial charge in [-0.25, -0.2) is 0 Å². The van der Waals surface area contributed by atoms with Crippen molar-refractivity contribution < 1.29 is 20.1 Å². The molecule has 0 heterocycles. The minimum absolute atomic E-state index is 0.285. The van der Waals surface area contributed by atoms with Gasteiger partial charge in [0.1, 0.15) is 11.9 Å². The van der Waals surface area contributed by atoms with Gasteiger partial charge in [0.25, 0.3) is 0 Å². The van der Waals surface area contributed by atoms with Crippen LogP contribution in [0, 0.1) is 0 Å². The lowest BCUT2D eigenvalue weighted by Gasteiger charge is -2.16. The van der Waals surface area contributed by atoms with Crippen molar-refractivity contribution in [1.29, 1.82) is 0 Å². The molecule has 15 heavy (non-hydrogen) atoms. The second-order valence-corrected chi connectivity index (χ2v) is 3.33. The quantitative estimate of drug-likeness (QED) is 0.529. The van der Waals surface area contributed by atoms with Crippen molar-refractivity contribution in [1.82, 2.24) is 0 Å². The molecule has 0 amide bonds. The highest BCUT2D eigenvalue weighted by Gasteiger charge is 2.21. The fourth-order valence-corrected chi connectivity index (χ4v) is 1.15. The third-order valence-electron chi connectivity index (χ3n) is 2.15. The Kier molecular flexibility index (Phi) is 3.28. The third kappa shape index (κ3) is 2.45. The summed E-state index contributed by atoms with van der Waals surface area (Å²) in [6.45, 7) is 1.27. The average molecular weight is 211 g/mol. The first-order chi connectivity index (χ1) is 6.93. The van der Waals surface area contributed by atoms with Crippen molar-refractivity contribution in [3.8, 4) is 11.5 Å². The van der Waals surface area contributed by atoms with E-state index in [1.807, 2.05) is 0 Å². The fourth-order valence-electron chi connectivity index (χ4n) is 1.15. The van der Waals surface area contributed by atoms with E-state index in [1.165, 1.54) is 25.1 Å². The van der Waals surface area contributed by atoms with Gasteiger partial charge in [-0.2, -0.15) is 0 Å². The topological polar surface area (TPSA) is 104 Å². The Labute approximate surface area is 86.8 Å². The summed E-state index contributed by atoms with van der Waals surface area (Å²) in [5.41, 5.74) is 5.72. The van der Waals surface area contributed by atoms with Crippen LogP contribution in [0.4, 0.5) is 0 Å². The number of aromatic hydroxyl groups is 2. The summed E-state index contributed by atoms with van der Waals surface area (Å²) in [6.07, 6.45) is -1.19. The molecule has 0 aliphatic heterocycles. The number of nitrogens with two attached hydrogens (primary N) is 1. The number of phenols is 2. The SMILES string of the molecule is CC(=O)[C@@H](N)[C@H](O)c1ccc(O)c(O)c1. The van der Waals surface area contributed by atoms with E-state index in [0.29, 0.717) is 0 Å². The van der Waals surface area contributed by atoms with Crippen LogP contribution in [0.5, 0.6) is 11.5 Å². The summed E-state index contributed by atoms with van der Waals surface area (Å²) in [6, 6.07) is 2.75. The smallest absolute Gasteiger partial charge is 0.157 e. The van der Waals surface area contributed by atoms with Gasteiger partial charge < -0.3 is 21.1 Å². The Hall–Kier alpha value is -1.59. The summed E-state index contributed by atoms with van der Waals surface area (Å²) in [5, 5.41) is 27.9. The largest absolute Gasteiger partial charge is 0.504 e. The second kappa shape index (κ2) is 4.29. The first kappa shape index (κ1) is 11.5. The van der Waals surface area contributed by atoms with Crippen molar-refractivity contribution in [2.24, 2.45) is 5.73 Å². The molecule has 0 saturated carbocycles. The van der Waals surface area contributed by atoms with Gasteiger partial charge >= 0.3 is 0 Å². The Morgan fingerprint density at radius 3 is 2.40 bits per heavy atom. The Balaban J connectivity index is 2.96. The molecule has 82 valence electrons. The number of aliphatic hydroxyl groups excluding tert-OH is 1. The van der Waals surface area contributed by atoms with Crippen LogP contribution in [-0.2, 0) is 4.79 Å². The van der Waals surface area contributed by atoms with Crippen LogP contribution in [0.25, 0.3) is 0 Å². The molecule has 0 spiro atoms. The van der Waals surface area contributed by atoms with Crippen molar-refractivity contribution in [3.63, 3.8) is 0 Å². The molecule has 1 aromatic rings. The van der Waals surface area contributed by atoms with Gasteiger partial charge in [-0.3, -0.25) is 4.79 Å². The number of phenolic OH excluding ortho intramolecular Hbond substituents is 2. The number of aliphatic hydroxyl groups is 1. The maximum Gasteiger partial charge on any atom is 0.157 e. The zero-order valence-corrected chi connectivity index (χ0v) is 8.21. The van der Waals surface area contributed by atoms with Gasteiger partial charge in [0.2, 0.25) is 0 Å². The van der Waals surface area contributed by atoms with E-state index < -0.39 is 12.1 Å². The molecule has 0 saturated heterocycles. The Bertz CT molecular complexity index is 378. The summed E-state index contributed by atoms with van der Waals surface area (Å²) in [7, 11) is 0. The van der Waals surface area contributed by atoms with Gasteiger partial charge in [-0.05, 0) is 24.6 Å². The molecule has 0 unspecified atom stereocenters. The van der Waals surface area contributed by atoms with Gasteiger partial charge in [-0.15, -0.1) is 0 Å². The van der Waals surface area contributed by atoms with Crippen LogP contribution in [0.1, 0.15) is 18.6 Å². The maximum atomic E-state index is 10.9. The van der Waals surface area contributed by atoms with E-state index in [9.17, 15) is 15.0 Å². The van der Waals surface area contributed by atoms with Crippen LogP contribution in [0.15, 0.2) is 18.2 Å². The molecule has 5 N–H and O–H groups in total. The lowest BCUT2D eigenvalue weighted by atomic mass is 10.00. The highest BCUT2D eigenvalue weighted by Crippen LogP contribution is 2.28. The summed E-state index contributed by atoms with van der Waals surface area (Å²) in [5.74, 6) is -1.00. The zero-order valence-electron chi connectivity index (χ0n) is 8.21. The van der Waals surface area contributed by atoms with E-state index in [0.717, 1.165) is 0 Å². The van der Waals surface area contributed by atoms with Crippen molar-refractivity contribution in [2.45, 2.75) is 19.1 Å². The standard InChI is InChI=1S/C10H13NO4/c1-5(12)9(11)10(15)6-2-3-7(13)8(14)4-6/h2-4,9-10,13-15H,11H2,1H3/t9-,10-/m1/s1. The fraction of sp³-hybridized carbons (Fsp3) is 0.300. The molecule has 0 fully saturated rings. The first-order valence-corrected chi connectivity index (χ1v) is 4.39. The summed E-state index contributed by atoms with van der Waals surface area (Å²) >= 11 is 0. The summed E-state index contributed by atoms with van der Waals surface area (Å²) in [4.78, 5) is 10.9. The molecule has 0 aliphatic rings. The van der Waals surface area contributed by atoms with Crippen LogP contribution in [0.3, 0.4) is 0 Å². The molecule has 0 radical (unpaired) electrons. The molecule has 5 heteroatoms. The second-order valence-electron chi connectivity index (χ2n) is 3.33. The van der Waals surface area contributed by atoms with Gasteiger partial charge in [0, 0.05) is 0 Å². The van der Waals surface area contributed by atoms with E-state index in [1.54, 1.807) is 0 Å². The number of rotatable bonds is 3. The Morgan fingerprint density at radius 1 is 1.33 bits per heavy atom. The van der Waals surface area contributed by atoms with Crippen LogP contribution in [-0.4, -0.2) is 27.1 Å². The van der Waals surface area contributed by atoms with Crippen LogP contribution < -0.4 is 5.73 Å². The molecular formula is C10H13NO4. The van der Waals surface area contributed by atoms with Gasteiger partial charge in [-0.1, -0.05) is 6.07 Å². The van der Waals surface area contributed by atoms with E-state index in [2.05, 4.69) is 0 Å². The van der Waals surface area contributed by atoms with E-state index >= 15 is 0 Å². The molecule has 1 rings (SSSR count). The number of hydrogen-bond donors (Lipinski definition) is 4. The normalized spacial score (nSPS) is 14.6. The molecular weight excluding hydrogens is 198 g/mol. The zero-order chi connectivity index (χ0) is 11.6. The Morgan fingerprint density at radius 2 is 1.93 bits per heavy atom. The molecule has 2 atom stereocenters. The van der Waals surface area contributed by atoms with E-state index in [4.69, 9.17) is 10.8 Å². The predicted octanol–water partition coefficient (Wildman–Crippen LogP) is 0.0475. The predicted molar refractivity (Wildman–Crippen MR) is 53.4 cm³/mol. The summed E-state index contributed by atoms with van der Waals surface area (Å²) < 4.78 is 0. The number of ketones is 1. The lowest BCUT2D eigenvalue weighted by molar-refractivity contribution is -0.120. The van der Waals surface area contributed by atoms with Crippen molar-refractivity contribution in [3.05, 3.63) is 23.8 Å². The minimum atomic E-state index is -1.19. The van der Waals surface area contributed by atoms with Crippen LogP contribution >= 0.6 is 0 Å². The number of carbonyl (C=O) groups excluding carboxylic acids is 1. The minimum Gasteiger partial charge on any atom is -0.504 e. The number of carbonyl (C=O) groups is 1. The van der Waals surface area contributed by atoms with E-state index in [-0.39, 0.29) is 22.8 Å². The molecule has 5 nitrogen and oxygen atoms in total. The molecule has 1 aromatic carbocycles. The first-order valence-electron chi connectivity index (χ1n) is 4.39. The number of Topliss-reactive ketones (excluding diaryl/α,β-unsaturated/α-hetero) is 1. The highest BCUT2D eigenvalue weighted by molar-refractivity contribution is 5.82. The number of benzene rings is 1. The highest BCUT2D eigenvalue weighted by atomic mass is 16.3. The molecule has 0 aliphatic carbocycles. The number of hydrogen-bond acceptors (Lipinski definition) is 5. The van der Waals surface area contributed by atoms with Crippen molar-refractivity contribution >= 4 is 5.78 Å². The maximum absolute atomic E-state index is 10.9. The molecule has 0 aromatic heterocycles. The van der Waals surface area contributed by atoms with Gasteiger partial charge in [0.05, 0.1) is 6.04 Å². The van der Waals surface area contributed by atoms with Gasteiger partial charge in [0.15, 0.2) is 11.5 Å². The monoisotopic (exact) mass is 211 g/mol. The van der Waals surface area contributed by atoms with Crippen molar-refractivity contribution in [2.75, 3.05) is 0 Å².